The largest absolute Gasteiger partial charge is 0.469 e. The third kappa shape index (κ3) is 4.35. The zero-order chi connectivity index (χ0) is 14.3. The van der Waals surface area contributed by atoms with Crippen molar-refractivity contribution in [2.45, 2.75) is 32.7 Å². The Kier molecular flexibility index (Phi) is 5.99. The van der Waals surface area contributed by atoms with Gasteiger partial charge in [0.1, 0.15) is 0 Å². The van der Waals surface area contributed by atoms with E-state index in [1.54, 1.807) is 23.2 Å². The fourth-order valence-electron chi connectivity index (χ4n) is 1.71. The first kappa shape index (κ1) is 15.1. The van der Waals surface area contributed by atoms with Gasteiger partial charge in [-0.25, -0.2) is 0 Å². The number of hydrogen-bond acceptors (Lipinski definition) is 4. The van der Waals surface area contributed by atoms with Gasteiger partial charge in [0.15, 0.2) is 0 Å². The van der Waals surface area contributed by atoms with Crippen LogP contribution in [0.25, 0.3) is 0 Å². The van der Waals surface area contributed by atoms with Gasteiger partial charge < -0.3 is 9.64 Å². The molecular formula is C14H20N2O3. The van der Waals surface area contributed by atoms with Crippen molar-refractivity contribution in [3.8, 4) is 0 Å². The average molecular weight is 264 g/mol. The number of methoxy groups -OCH3 is 1. The monoisotopic (exact) mass is 264 g/mol. The molecular weight excluding hydrogens is 244 g/mol. The predicted octanol–water partition coefficient (Wildman–Crippen LogP) is 1.89. The SMILES string of the molecule is CCC(C)N(CCC(=O)OC)C(=O)c1cccnc1. The van der Waals surface area contributed by atoms with E-state index in [2.05, 4.69) is 9.72 Å². The first-order chi connectivity index (χ1) is 9.10. The van der Waals surface area contributed by atoms with Crippen molar-refractivity contribution in [3.63, 3.8) is 0 Å². The highest BCUT2D eigenvalue weighted by Crippen LogP contribution is 2.11. The first-order valence-electron chi connectivity index (χ1n) is 6.38. The lowest BCUT2D eigenvalue weighted by Crippen LogP contribution is -2.39. The molecule has 0 fully saturated rings. The molecule has 5 heteroatoms. The fourth-order valence-corrected chi connectivity index (χ4v) is 1.71. The van der Waals surface area contributed by atoms with Gasteiger partial charge in [-0.2, -0.15) is 0 Å². The van der Waals surface area contributed by atoms with E-state index >= 15 is 0 Å². The summed E-state index contributed by atoms with van der Waals surface area (Å²) in [6.45, 7) is 4.33. The molecule has 19 heavy (non-hydrogen) atoms. The standard InChI is InChI=1S/C14H20N2O3/c1-4-11(2)16(9-7-13(17)19-3)14(18)12-6-5-8-15-10-12/h5-6,8,10-11H,4,7,9H2,1-3H3. The highest BCUT2D eigenvalue weighted by atomic mass is 16.5. The molecule has 0 aromatic carbocycles. The van der Waals surface area contributed by atoms with Crippen LogP contribution in [0.4, 0.5) is 0 Å². The van der Waals surface area contributed by atoms with Crippen LogP contribution in [0.15, 0.2) is 24.5 Å². The van der Waals surface area contributed by atoms with Crippen molar-refractivity contribution in [2.24, 2.45) is 0 Å². The highest BCUT2D eigenvalue weighted by Gasteiger charge is 2.21. The second-order valence-corrected chi connectivity index (χ2v) is 4.32. The summed E-state index contributed by atoms with van der Waals surface area (Å²) in [5, 5.41) is 0. The Labute approximate surface area is 113 Å². The summed E-state index contributed by atoms with van der Waals surface area (Å²) in [5.41, 5.74) is 0.535. The van der Waals surface area contributed by atoms with Crippen molar-refractivity contribution in [1.82, 2.24) is 9.88 Å². The zero-order valence-corrected chi connectivity index (χ0v) is 11.6. The number of amides is 1. The topological polar surface area (TPSA) is 59.5 Å². The van der Waals surface area contributed by atoms with Gasteiger partial charge in [-0.15, -0.1) is 0 Å². The number of carbonyl (C=O) groups excluding carboxylic acids is 2. The predicted molar refractivity (Wildman–Crippen MR) is 71.7 cm³/mol. The Morgan fingerprint density at radius 1 is 1.47 bits per heavy atom. The molecule has 0 N–H and O–H groups in total. The van der Waals surface area contributed by atoms with Crippen molar-refractivity contribution < 1.29 is 14.3 Å². The number of carbonyl (C=O) groups is 2. The Balaban J connectivity index is 2.79. The van der Waals surface area contributed by atoms with Crippen molar-refractivity contribution in [1.29, 1.82) is 0 Å². The minimum absolute atomic E-state index is 0.0670. The van der Waals surface area contributed by atoms with E-state index in [1.165, 1.54) is 13.3 Å². The molecule has 0 saturated carbocycles. The van der Waals surface area contributed by atoms with E-state index in [0.29, 0.717) is 12.1 Å². The van der Waals surface area contributed by atoms with E-state index < -0.39 is 0 Å². The van der Waals surface area contributed by atoms with Crippen molar-refractivity contribution in [2.75, 3.05) is 13.7 Å². The van der Waals surface area contributed by atoms with E-state index in [4.69, 9.17) is 0 Å². The van der Waals surface area contributed by atoms with Crippen LogP contribution in [0, 0.1) is 0 Å². The molecule has 0 aliphatic carbocycles. The molecule has 1 rings (SSSR count). The second-order valence-electron chi connectivity index (χ2n) is 4.32. The smallest absolute Gasteiger partial charge is 0.307 e. The molecule has 0 bridgehead atoms. The van der Waals surface area contributed by atoms with E-state index in [0.717, 1.165) is 6.42 Å². The van der Waals surface area contributed by atoms with Gasteiger partial charge in [0, 0.05) is 25.0 Å². The molecule has 1 aromatic rings. The maximum atomic E-state index is 12.4. The number of esters is 1. The summed E-state index contributed by atoms with van der Waals surface area (Å²) in [7, 11) is 1.35. The number of hydrogen-bond donors (Lipinski definition) is 0. The molecule has 104 valence electrons. The normalized spacial score (nSPS) is 11.7. The molecule has 1 amide bonds. The molecule has 1 atom stereocenters. The van der Waals surface area contributed by atoms with Gasteiger partial charge in [0.25, 0.3) is 5.91 Å². The van der Waals surface area contributed by atoms with E-state index in [-0.39, 0.29) is 24.3 Å². The number of ether oxygens (including phenoxy) is 1. The van der Waals surface area contributed by atoms with Crippen LogP contribution in [-0.2, 0) is 9.53 Å². The second kappa shape index (κ2) is 7.51. The molecule has 0 saturated heterocycles. The highest BCUT2D eigenvalue weighted by molar-refractivity contribution is 5.94. The lowest BCUT2D eigenvalue weighted by Gasteiger charge is -2.28. The number of aromatic nitrogens is 1. The maximum Gasteiger partial charge on any atom is 0.307 e. The molecule has 0 aliphatic rings. The number of pyridine rings is 1. The Hall–Kier alpha value is -1.91. The third-order valence-corrected chi connectivity index (χ3v) is 3.08. The van der Waals surface area contributed by atoms with Crippen LogP contribution >= 0.6 is 0 Å². The molecule has 1 aromatic heterocycles. The van der Waals surface area contributed by atoms with Crippen molar-refractivity contribution >= 4 is 11.9 Å². The van der Waals surface area contributed by atoms with Gasteiger partial charge in [-0.05, 0) is 25.5 Å². The van der Waals surface area contributed by atoms with Gasteiger partial charge in [0.2, 0.25) is 0 Å². The van der Waals surface area contributed by atoms with Gasteiger partial charge >= 0.3 is 5.97 Å². The Morgan fingerprint density at radius 3 is 2.74 bits per heavy atom. The summed E-state index contributed by atoms with van der Waals surface area (Å²) in [4.78, 5) is 29.2. The van der Waals surface area contributed by atoms with E-state index in [1.807, 2.05) is 13.8 Å². The molecule has 0 spiro atoms. The van der Waals surface area contributed by atoms with Gasteiger partial charge in [0.05, 0.1) is 19.1 Å². The average Bonchev–Trinajstić information content (AvgIpc) is 2.47. The summed E-state index contributed by atoms with van der Waals surface area (Å²) in [6.07, 6.45) is 4.19. The van der Waals surface area contributed by atoms with Crippen LogP contribution in [-0.4, -0.2) is 41.5 Å². The van der Waals surface area contributed by atoms with Crippen LogP contribution in [0.5, 0.6) is 0 Å². The summed E-state index contributed by atoms with van der Waals surface area (Å²) in [6, 6.07) is 3.52. The summed E-state index contributed by atoms with van der Waals surface area (Å²) >= 11 is 0. The maximum absolute atomic E-state index is 12.4. The molecule has 0 aliphatic heterocycles. The van der Waals surface area contributed by atoms with Crippen LogP contribution in [0.2, 0.25) is 0 Å². The molecule has 5 nitrogen and oxygen atoms in total. The lowest BCUT2D eigenvalue weighted by molar-refractivity contribution is -0.140. The minimum Gasteiger partial charge on any atom is -0.469 e. The van der Waals surface area contributed by atoms with Gasteiger partial charge in [-0.3, -0.25) is 14.6 Å². The quantitative estimate of drug-likeness (QED) is 0.736. The van der Waals surface area contributed by atoms with Gasteiger partial charge in [-0.1, -0.05) is 6.92 Å². The lowest BCUT2D eigenvalue weighted by atomic mass is 10.1. The zero-order valence-electron chi connectivity index (χ0n) is 11.6. The fraction of sp³-hybridized carbons (Fsp3) is 0.500. The van der Waals surface area contributed by atoms with Crippen LogP contribution in [0.3, 0.4) is 0 Å². The number of nitrogens with zero attached hydrogens (tertiary/aromatic N) is 2. The summed E-state index contributed by atoms with van der Waals surface area (Å²) < 4.78 is 4.61. The van der Waals surface area contributed by atoms with Crippen LogP contribution < -0.4 is 0 Å². The summed E-state index contributed by atoms with van der Waals surface area (Å²) in [5.74, 6) is -0.418. The Bertz CT molecular complexity index is 420. The Morgan fingerprint density at radius 2 is 2.21 bits per heavy atom. The molecule has 1 unspecified atom stereocenters. The first-order valence-corrected chi connectivity index (χ1v) is 6.38. The number of rotatable bonds is 6. The minimum atomic E-state index is -0.313. The van der Waals surface area contributed by atoms with E-state index in [9.17, 15) is 9.59 Å². The van der Waals surface area contributed by atoms with Crippen molar-refractivity contribution in [3.05, 3.63) is 30.1 Å². The third-order valence-electron chi connectivity index (χ3n) is 3.08. The molecule has 1 heterocycles. The van der Waals surface area contributed by atoms with Crippen LogP contribution in [0.1, 0.15) is 37.0 Å². The molecule has 0 radical (unpaired) electrons.